The minimum atomic E-state index is -0.386. The number of halogens is 1. The van der Waals surface area contributed by atoms with Crippen LogP contribution in [0.25, 0.3) is 0 Å². The van der Waals surface area contributed by atoms with E-state index in [2.05, 4.69) is 28.1 Å². The summed E-state index contributed by atoms with van der Waals surface area (Å²) in [5.41, 5.74) is 8.57. The molecule has 0 heterocycles. The maximum absolute atomic E-state index is 10.6. The van der Waals surface area contributed by atoms with Crippen LogP contribution in [0.3, 0.4) is 0 Å². The van der Waals surface area contributed by atoms with Gasteiger partial charge in [-0.15, -0.1) is 0 Å². The van der Waals surface area contributed by atoms with Gasteiger partial charge in [-0.2, -0.15) is 0 Å². The normalized spacial score (nSPS) is 12.1. The van der Waals surface area contributed by atoms with Crippen molar-refractivity contribution in [3.63, 3.8) is 0 Å². The van der Waals surface area contributed by atoms with Crippen molar-refractivity contribution in [3.8, 4) is 0 Å². The Labute approximate surface area is 132 Å². The molecule has 2 aromatic carbocycles. The maximum atomic E-state index is 10.6. The summed E-state index contributed by atoms with van der Waals surface area (Å²) in [6.07, 6.45) is 2.52. The highest BCUT2D eigenvalue weighted by Gasteiger charge is 2.07. The second kappa shape index (κ2) is 7.33. The number of rotatable bonds is 6. The Morgan fingerprint density at radius 1 is 1.05 bits per heavy atom. The first-order chi connectivity index (χ1) is 10.0. The Balaban J connectivity index is 1.84. The molecule has 21 heavy (non-hydrogen) atoms. The van der Waals surface area contributed by atoms with Crippen molar-refractivity contribution >= 4 is 21.6 Å². The molecule has 2 N–H and O–H groups in total. The maximum Gasteiger partial charge on any atom is 0.269 e. The summed E-state index contributed by atoms with van der Waals surface area (Å²) < 4.78 is 1.06. The summed E-state index contributed by atoms with van der Waals surface area (Å²) in [5, 5.41) is 10.6. The standard InChI is InChI=1S/C16H17BrN2O2/c17-14-6-1-13(2-7-14)11-15(18)8-3-12-4-9-16(10-5-12)19(20)21/h1-2,4-7,9-10,15H,3,8,11,18H2. The Hall–Kier alpha value is -1.72. The van der Waals surface area contributed by atoms with Gasteiger partial charge in [-0.1, -0.05) is 40.2 Å². The molecule has 0 aliphatic rings. The van der Waals surface area contributed by atoms with E-state index >= 15 is 0 Å². The van der Waals surface area contributed by atoms with Gasteiger partial charge in [0.2, 0.25) is 0 Å². The van der Waals surface area contributed by atoms with E-state index in [1.165, 1.54) is 17.7 Å². The predicted molar refractivity (Wildman–Crippen MR) is 87.2 cm³/mol. The molecule has 5 heteroatoms. The van der Waals surface area contributed by atoms with Crippen LogP contribution in [-0.4, -0.2) is 11.0 Å². The fourth-order valence-electron chi connectivity index (χ4n) is 2.16. The number of aryl methyl sites for hydroxylation is 1. The van der Waals surface area contributed by atoms with Crippen LogP contribution in [0.15, 0.2) is 53.0 Å². The van der Waals surface area contributed by atoms with Crippen LogP contribution in [-0.2, 0) is 12.8 Å². The Bertz CT molecular complexity index is 597. The molecule has 110 valence electrons. The van der Waals surface area contributed by atoms with E-state index in [-0.39, 0.29) is 16.7 Å². The van der Waals surface area contributed by atoms with E-state index < -0.39 is 0 Å². The average molecular weight is 349 g/mol. The van der Waals surface area contributed by atoms with Crippen molar-refractivity contribution < 1.29 is 4.92 Å². The molecular weight excluding hydrogens is 332 g/mol. The molecule has 0 aromatic heterocycles. The van der Waals surface area contributed by atoms with E-state index in [0.717, 1.165) is 29.3 Å². The van der Waals surface area contributed by atoms with Crippen molar-refractivity contribution in [1.82, 2.24) is 0 Å². The molecule has 0 radical (unpaired) electrons. The molecule has 0 amide bonds. The highest BCUT2D eigenvalue weighted by molar-refractivity contribution is 9.10. The van der Waals surface area contributed by atoms with Gasteiger partial charge in [0.05, 0.1) is 4.92 Å². The fourth-order valence-corrected chi connectivity index (χ4v) is 2.43. The molecule has 1 atom stereocenters. The third-order valence-corrected chi connectivity index (χ3v) is 3.89. The van der Waals surface area contributed by atoms with E-state index in [0.29, 0.717) is 0 Å². The Morgan fingerprint density at radius 3 is 2.19 bits per heavy atom. The van der Waals surface area contributed by atoms with Crippen LogP contribution in [0.5, 0.6) is 0 Å². The molecule has 2 rings (SSSR count). The lowest BCUT2D eigenvalue weighted by Gasteiger charge is -2.11. The number of nitrogens with two attached hydrogens (primary N) is 1. The van der Waals surface area contributed by atoms with Crippen LogP contribution in [0.2, 0.25) is 0 Å². The first-order valence-corrected chi connectivity index (χ1v) is 7.57. The van der Waals surface area contributed by atoms with Crippen LogP contribution in [0, 0.1) is 10.1 Å². The van der Waals surface area contributed by atoms with Gasteiger partial charge < -0.3 is 5.73 Å². The highest BCUT2D eigenvalue weighted by atomic mass is 79.9. The van der Waals surface area contributed by atoms with Gasteiger partial charge in [-0.3, -0.25) is 10.1 Å². The molecule has 0 saturated heterocycles. The molecule has 4 nitrogen and oxygen atoms in total. The molecular formula is C16H17BrN2O2. The minimum absolute atomic E-state index is 0.0846. The topological polar surface area (TPSA) is 69.2 Å². The summed E-state index contributed by atoms with van der Waals surface area (Å²) in [6.45, 7) is 0. The number of nitrogens with zero attached hydrogens (tertiary/aromatic N) is 1. The van der Waals surface area contributed by atoms with Crippen LogP contribution in [0.4, 0.5) is 5.69 Å². The molecule has 0 aliphatic heterocycles. The van der Waals surface area contributed by atoms with E-state index in [1.807, 2.05) is 12.1 Å². The molecule has 0 bridgehead atoms. The molecule has 0 spiro atoms. The average Bonchev–Trinajstić information content (AvgIpc) is 2.48. The van der Waals surface area contributed by atoms with E-state index in [1.54, 1.807) is 12.1 Å². The predicted octanol–water partition coefficient (Wildman–Crippen LogP) is 3.86. The quantitative estimate of drug-likeness (QED) is 0.636. The monoisotopic (exact) mass is 348 g/mol. The molecule has 0 fully saturated rings. The van der Waals surface area contributed by atoms with Gasteiger partial charge in [0, 0.05) is 22.6 Å². The summed E-state index contributed by atoms with van der Waals surface area (Å²) >= 11 is 3.41. The van der Waals surface area contributed by atoms with E-state index in [9.17, 15) is 10.1 Å². The van der Waals surface area contributed by atoms with Crippen molar-refractivity contribution in [2.24, 2.45) is 5.73 Å². The second-order valence-corrected chi connectivity index (χ2v) is 5.97. The number of nitro benzene ring substituents is 1. The van der Waals surface area contributed by atoms with Gasteiger partial charge >= 0.3 is 0 Å². The lowest BCUT2D eigenvalue weighted by atomic mass is 10.00. The van der Waals surface area contributed by atoms with Gasteiger partial charge in [0.25, 0.3) is 5.69 Å². The third kappa shape index (κ3) is 4.95. The number of hydrogen-bond acceptors (Lipinski definition) is 3. The smallest absolute Gasteiger partial charge is 0.269 e. The summed E-state index contributed by atoms with van der Waals surface area (Å²) in [5.74, 6) is 0. The van der Waals surface area contributed by atoms with Crippen LogP contribution >= 0.6 is 15.9 Å². The Morgan fingerprint density at radius 2 is 1.62 bits per heavy atom. The number of non-ortho nitro benzene ring substituents is 1. The largest absolute Gasteiger partial charge is 0.327 e. The molecule has 0 saturated carbocycles. The van der Waals surface area contributed by atoms with Gasteiger partial charge in [-0.05, 0) is 42.5 Å². The highest BCUT2D eigenvalue weighted by Crippen LogP contribution is 2.15. The third-order valence-electron chi connectivity index (χ3n) is 3.36. The summed E-state index contributed by atoms with van der Waals surface area (Å²) in [4.78, 5) is 10.2. The summed E-state index contributed by atoms with van der Waals surface area (Å²) in [7, 11) is 0. The van der Waals surface area contributed by atoms with Gasteiger partial charge in [-0.25, -0.2) is 0 Å². The first-order valence-electron chi connectivity index (χ1n) is 6.78. The lowest BCUT2D eigenvalue weighted by molar-refractivity contribution is -0.384. The van der Waals surface area contributed by atoms with Crippen LogP contribution in [0.1, 0.15) is 17.5 Å². The molecule has 1 unspecified atom stereocenters. The SMILES string of the molecule is NC(CCc1ccc([N+](=O)[O-])cc1)Cc1ccc(Br)cc1. The summed E-state index contributed by atoms with van der Waals surface area (Å²) in [6, 6.07) is 14.9. The van der Waals surface area contributed by atoms with Crippen molar-refractivity contribution in [2.45, 2.75) is 25.3 Å². The van der Waals surface area contributed by atoms with Gasteiger partial charge in [0.15, 0.2) is 0 Å². The van der Waals surface area contributed by atoms with Gasteiger partial charge in [0.1, 0.15) is 0 Å². The molecule has 2 aromatic rings. The zero-order valence-corrected chi connectivity index (χ0v) is 13.1. The van der Waals surface area contributed by atoms with Crippen molar-refractivity contribution in [1.29, 1.82) is 0 Å². The molecule has 0 aliphatic carbocycles. The van der Waals surface area contributed by atoms with Crippen molar-refractivity contribution in [2.75, 3.05) is 0 Å². The van der Waals surface area contributed by atoms with E-state index in [4.69, 9.17) is 5.73 Å². The number of nitro groups is 1. The Kier molecular flexibility index (Phi) is 5.47. The lowest BCUT2D eigenvalue weighted by Crippen LogP contribution is -2.23. The minimum Gasteiger partial charge on any atom is -0.327 e. The second-order valence-electron chi connectivity index (χ2n) is 5.05. The zero-order chi connectivity index (χ0) is 15.2. The van der Waals surface area contributed by atoms with Crippen molar-refractivity contribution in [3.05, 3.63) is 74.2 Å². The fraction of sp³-hybridized carbons (Fsp3) is 0.250. The number of benzene rings is 2. The van der Waals surface area contributed by atoms with Crippen LogP contribution < -0.4 is 5.73 Å². The zero-order valence-electron chi connectivity index (χ0n) is 11.5. The first kappa shape index (κ1) is 15.7. The number of hydrogen-bond donors (Lipinski definition) is 1.